The van der Waals surface area contributed by atoms with E-state index in [0.717, 1.165) is 17.2 Å². The largest absolute Gasteiger partial charge is 0.390 e. The molecular weight excluding hydrogens is 957 g/mol. The molecule has 0 bridgehead atoms. The maximum absolute atomic E-state index is 13.9. The molecule has 0 spiro atoms. The fraction of sp³-hybridized carbons (Fsp3) is 0.512. The van der Waals surface area contributed by atoms with Crippen molar-refractivity contribution in [3.05, 3.63) is 56.8 Å². The minimum atomic E-state index is -1.77. The van der Waals surface area contributed by atoms with Crippen molar-refractivity contribution in [2.75, 3.05) is 43.6 Å². The van der Waals surface area contributed by atoms with Gasteiger partial charge in [-0.1, -0.05) is 6.92 Å². The molecule has 28 heteroatoms. The summed E-state index contributed by atoms with van der Waals surface area (Å²) in [5, 5.41) is 43.3. The number of anilines is 1. The van der Waals surface area contributed by atoms with E-state index in [1.54, 1.807) is 5.38 Å². The third-order valence-electron chi connectivity index (χ3n) is 10.5. The highest BCUT2D eigenvalue weighted by atomic mass is 32.2. The van der Waals surface area contributed by atoms with Gasteiger partial charge >= 0.3 is 0 Å². The number of carbonyl (C=O) groups excluding carboxylic acids is 7. The second-order valence-corrected chi connectivity index (χ2v) is 20.5. The van der Waals surface area contributed by atoms with E-state index in [2.05, 4.69) is 74.3 Å². The maximum atomic E-state index is 13.9. The van der Waals surface area contributed by atoms with Crippen LogP contribution in [0.4, 0.5) is 5.82 Å². The number of hydrogen-bond acceptors (Lipinski definition) is 19. The minimum Gasteiger partial charge on any atom is -0.390 e. The third-order valence-corrected chi connectivity index (χ3v) is 13.4. The molecule has 0 saturated heterocycles. The normalized spacial score (nSPS) is 14.9. The standard InChI is InChI=1S/C41H60N16O9S3/c1-18-29(55-35(57-33(18)44)23(12-27(43)58)49-13-22(42)34(45)61)39(65)56-30(32(60)24-14-46-17-50-24)40(66)51-20(3)31(59)19(2)36(62)52-21(4)37(63)48-10-8-28-53-26(16-67-28)41-54-25(15-68-41)38(64)47-9-7-11-69(5)6/h14-17,19-23,30-32,49,59-60H,7-13,42H2,1-6H3,(H11-,43,44,45,46,47,48,50,51,52,55,56,57,58,61,62,63,64,65,66)/p+1/t19-,20+,21-,22-,23-,30-,31-,32-/m0/s1. The SMILES string of the molecule is Cc1c(N)nc([C@H](CC(N)=O)NC[C@H](N)C(N)=O)nc1C(=O)N[C@H](C(=O)N[C@H](C)[C@@H](O)[C@H](C)C(=O)N[C@@H](C)C(=O)NCCc1nc(-c2nc(C(=O)NCCC[S+](C)C)cs2)cs1)[C@@H](O)c1cnc[nH]1. The summed E-state index contributed by atoms with van der Waals surface area (Å²) < 4.78 is 0. The third kappa shape index (κ3) is 16.2. The van der Waals surface area contributed by atoms with E-state index in [1.807, 2.05) is 5.38 Å². The van der Waals surface area contributed by atoms with Crippen LogP contribution in [0.3, 0.4) is 0 Å². The van der Waals surface area contributed by atoms with Gasteiger partial charge in [-0.05, 0) is 31.7 Å². The Morgan fingerprint density at radius 3 is 2.25 bits per heavy atom. The number of hydrogen-bond donors (Lipinski definition) is 13. The molecular formula is C41H61N16O9S3+. The van der Waals surface area contributed by atoms with Gasteiger partial charge in [0.2, 0.25) is 29.5 Å². The molecule has 0 aliphatic carbocycles. The number of nitrogens with zero attached hydrogens (tertiary/aromatic N) is 5. The van der Waals surface area contributed by atoms with Crippen molar-refractivity contribution in [2.24, 2.45) is 23.1 Å². The van der Waals surface area contributed by atoms with Crippen molar-refractivity contribution in [3.8, 4) is 10.7 Å². The molecule has 8 atom stereocenters. The first kappa shape index (κ1) is 55.4. The summed E-state index contributed by atoms with van der Waals surface area (Å²) >= 11 is 2.69. The molecule has 4 aromatic heterocycles. The highest BCUT2D eigenvalue weighted by molar-refractivity contribution is 7.95. The number of carbonyl (C=O) groups is 7. The molecule has 69 heavy (non-hydrogen) atoms. The Bertz CT molecular complexity index is 2420. The van der Waals surface area contributed by atoms with E-state index in [-0.39, 0.29) is 47.6 Å². The monoisotopic (exact) mass is 1020 g/mol. The van der Waals surface area contributed by atoms with Gasteiger partial charge in [0.25, 0.3) is 11.8 Å². The van der Waals surface area contributed by atoms with Crippen LogP contribution in [0.5, 0.6) is 0 Å². The zero-order valence-electron chi connectivity index (χ0n) is 38.9. The first-order chi connectivity index (χ1) is 32.6. The van der Waals surface area contributed by atoms with Gasteiger partial charge in [0.15, 0.2) is 0 Å². The first-order valence-corrected chi connectivity index (χ1v) is 25.5. The molecule has 4 rings (SSSR count). The summed E-state index contributed by atoms with van der Waals surface area (Å²) in [7, 11) is 0.308. The Kier molecular flexibility index (Phi) is 20.9. The molecule has 376 valence electrons. The summed E-state index contributed by atoms with van der Waals surface area (Å²) in [4.78, 5) is 114. The van der Waals surface area contributed by atoms with Crippen LogP contribution in [0, 0.1) is 12.8 Å². The Morgan fingerprint density at radius 2 is 1.59 bits per heavy atom. The molecule has 0 fully saturated rings. The van der Waals surface area contributed by atoms with Crippen molar-refractivity contribution >= 4 is 80.7 Å². The van der Waals surface area contributed by atoms with Crippen LogP contribution in [0.1, 0.15) is 88.8 Å². The molecule has 0 aliphatic rings. The number of rotatable bonds is 27. The van der Waals surface area contributed by atoms with Crippen molar-refractivity contribution < 1.29 is 43.8 Å². The second-order valence-electron chi connectivity index (χ2n) is 16.3. The van der Waals surface area contributed by atoms with Crippen LogP contribution >= 0.6 is 22.7 Å². The number of amides is 7. The van der Waals surface area contributed by atoms with Crippen molar-refractivity contribution in [2.45, 2.75) is 89.4 Å². The molecule has 17 N–H and O–H groups in total. The second kappa shape index (κ2) is 26.0. The summed E-state index contributed by atoms with van der Waals surface area (Å²) in [6.07, 6.45) is 4.36. The van der Waals surface area contributed by atoms with Gasteiger partial charge in [0.05, 0.1) is 65.9 Å². The van der Waals surface area contributed by atoms with E-state index in [9.17, 15) is 43.8 Å². The Morgan fingerprint density at radius 1 is 0.870 bits per heavy atom. The highest BCUT2D eigenvalue weighted by Crippen LogP contribution is 2.26. The number of aromatic nitrogens is 6. The predicted octanol–water partition coefficient (Wildman–Crippen LogP) is -2.82. The minimum absolute atomic E-state index is 0.0238. The van der Waals surface area contributed by atoms with Gasteiger partial charge < -0.3 is 70.0 Å². The molecule has 0 unspecified atom stereocenters. The summed E-state index contributed by atoms with van der Waals surface area (Å²) in [5.41, 5.74) is 23.2. The average Bonchev–Trinajstić information content (AvgIpc) is 4.11. The van der Waals surface area contributed by atoms with Gasteiger partial charge in [-0.15, -0.1) is 22.7 Å². The maximum Gasteiger partial charge on any atom is 0.271 e. The Hall–Kier alpha value is -6.17. The van der Waals surface area contributed by atoms with E-state index in [1.165, 1.54) is 62.9 Å². The van der Waals surface area contributed by atoms with Crippen LogP contribution in [-0.4, -0.2) is 150 Å². The molecule has 0 aliphatic heterocycles. The number of nitrogens with two attached hydrogens (primary N) is 4. The van der Waals surface area contributed by atoms with Crippen LogP contribution in [0.2, 0.25) is 0 Å². The molecule has 25 nitrogen and oxygen atoms in total. The molecule has 4 heterocycles. The van der Waals surface area contributed by atoms with Crippen LogP contribution in [0.15, 0.2) is 23.3 Å². The number of aromatic amines is 1. The van der Waals surface area contributed by atoms with Gasteiger partial charge in [0.1, 0.15) is 57.7 Å². The van der Waals surface area contributed by atoms with E-state index in [0.29, 0.717) is 40.3 Å². The van der Waals surface area contributed by atoms with E-state index in [4.69, 9.17) is 22.9 Å². The summed E-state index contributed by atoms with van der Waals surface area (Å²) in [6, 6.07) is -6.21. The number of nitrogens with one attached hydrogen (secondary N) is 7. The van der Waals surface area contributed by atoms with Gasteiger partial charge in [-0.2, -0.15) is 0 Å². The average molecular weight is 1020 g/mol. The fourth-order valence-corrected chi connectivity index (χ4v) is 8.72. The van der Waals surface area contributed by atoms with Crippen molar-refractivity contribution in [1.82, 2.24) is 61.8 Å². The fourth-order valence-electron chi connectivity index (χ4n) is 6.38. The quantitative estimate of drug-likeness (QED) is 0.0212. The lowest BCUT2D eigenvalue weighted by molar-refractivity contribution is -0.134. The smallest absolute Gasteiger partial charge is 0.271 e. The lowest BCUT2D eigenvalue weighted by Gasteiger charge is -2.29. The lowest BCUT2D eigenvalue weighted by atomic mass is 9.96. The van der Waals surface area contributed by atoms with Crippen LogP contribution in [0.25, 0.3) is 10.7 Å². The van der Waals surface area contributed by atoms with E-state index >= 15 is 0 Å². The molecule has 7 amide bonds. The first-order valence-electron chi connectivity index (χ1n) is 21.5. The van der Waals surface area contributed by atoms with Gasteiger partial charge in [0, 0.05) is 55.2 Å². The number of aliphatic hydroxyl groups is 2. The number of H-pyrrole nitrogens is 1. The van der Waals surface area contributed by atoms with Crippen LogP contribution in [-0.2, 0) is 41.3 Å². The number of aliphatic hydroxyl groups excluding tert-OH is 2. The zero-order chi connectivity index (χ0) is 51.1. The zero-order valence-corrected chi connectivity index (χ0v) is 41.3. The predicted molar refractivity (Wildman–Crippen MR) is 259 cm³/mol. The Balaban J connectivity index is 1.34. The number of primary amides is 2. The van der Waals surface area contributed by atoms with Gasteiger partial charge in [-0.25, -0.2) is 24.9 Å². The number of nitrogen functional groups attached to an aromatic ring is 1. The number of thiazole rings is 2. The summed E-state index contributed by atoms with van der Waals surface area (Å²) in [6.45, 7) is 6.22. The molecule has 4 aromatic rings. The van der Waals surface area contributed by atoms with E-state index < -0.39 is 90.2 Å². The van der Waals surface area contributed by atoms with Crippen LogP contribution < -0.4 is 54.8 Å². The lowest BCUT2D eigenvalue weighted by Crippen LogP contribution is -2.56. The van der Waals surface area contributed by atoms with Crippen molar-refractivity contribution in [3.63, 3.8) is 0 Å². The van der Waals surface area contributed by atoms with Gasteiger partial charge in [-0.3, -0.25) is 33.6 Å². The number of imidazole rings is 1. The summed E-state index contributed by atoms with van der Waals surface area (Å²) in [5.74, 6) is -5.61. The molecule has 0 aromatic carbocycles. The molecule has 0 radical (unpaired) electrons. The van der Waals surface area contributed by atoms with Crippen molar-refractivity contribution in [1.29, 1.82) is 0 Å². The topological polar surface area (TPSA) is 416 Å². The molecule has 0 saturated carbocycles. The highest BCUT2D eigenvalue weighted by Gasteiger charge is 2.36. The Labute approximate surface area is 408 Å².